The van der Waals surface area contributed by atoms with E-state index in [-0.39, 0.29) is 38.8 Å². The van der Waals surface area contributed by atoms with Gasteiger partial charge in [0.05, 0.1) is 32.2 Å². The number of H-pyrrole nitrogens is 1. The van der Waals surface area contributed by atoms with Gasteiger partial charge in [0.2, 0.25) is 5.95 Å². The summed E-state index contributed by atoms with van der Waals surface area (Å²) in [5, 5.41) is 13.4. The Morgan fingerprint density at radius 1 is 1.08 bits per heavy atom. The number of phenolic OH excluding ortho intramolecular Hbond substituents is 1. The van der Waals surface area contributed by atoms with Crippen LogP contribution in [0.15, 0.2) is 48.5 Å². The maximum atomic E-state index is 14.4. The van der Waals surface area contributed by atoms with Crippen molar-refractivity contribution in [3.63, 3.8) is 0 Å². The van der Waals surface area contributed by atoms with Crippen molar-refractivity contribution in [1.82, 2.24) is 19.5 Å². The first-order valence-corrected chi connectivity index (χ1v) is 12.3. The fourth-order valence-corrected chi connectivity index (χ4v) is 5.44. The molecule has 0 radical (unpaired) electrons. The van der Waals surface area contributed by atoms with Crippen molar-refractivity contribution in [2.24, 2.45) is 0 Å². The molecule has 7 nitrogen and oxygen atoms in total. The third kappa shape index (κ3) is 3.86. The number of anilines is 1. The Morgan fingerprint density at radius 3 is 2.67 bits per heavy atom. The van der Waals surface area contributed by atoms with Gasteiger partial charge in [-0.3, -0.25) is 10.1 Å². The van der Waals surface area contributed by atoms with Crippen molar-refractivity contribution in [3.8, 4) is 17.1 Å². The topological polar surface area (TPSA) is 95.8 Å². The second kappa shape index (κ2) is 8.80. The van der Waals surface area contributed by atoms with Gasteiger partial charge in [0.15, 0.2) is 0 Å². The third-order valence-corrected chi connectivity index (χ3v) is 7.19. The molecule has 2 aromatic heterocycles. The number of hydrogen-bond donors (Lipinski definition) is 3. The number of amides is 1. The quantitative estimate of drug-likeness (QED) is 0.234. The number of fused-ring (bicyclic) bond motifs is 2. The lowest BCUT2D eigenvalue weighted by Gasteiger charge is -2.16. The van der Waals surface area contributed by atoms with Crippen LogP contribution in [0, 0.1) is 5.82 Å². The zero-order valence-corrected chi connectivity index (χ0v) is 20.4. The number of hydrogen-bond acceptors (Lipinski definition) is 4. The third-order valence-electron chi connectivity index (χ3n) is 6.59. The number of phenols is 1. The fraction of sp³-hybridized carbons (Fsp3) is 0.192. The second-order valence-electron chi connectivity index (χ2n) is 8.91. The maximum Gasteiger partial charge on any atom is 0.258 e. The SMILES string of the molecule is O=C(Nc1nc2ccc(O)cc2n1C1CCCC1)c1cc(Cl)c2nc(-c3c(F)cccc3Cl)[nH]c2c1. The van der Waals surface area contributed by atoms with E-state index < -0.39 is 11.7 Å². The molecule has 1 amide bonds. The molecule has 1 aliphatic carbocycles. The van der Waals surface area contributed by atoms with Crippen LogP contribution < -0.4 is 5.32 Å². The van der Waals surface area contributed by atoms with E-state index in [9.17, 15) is 14.3 Å². The summed E-state index contributed by atoms with van der Waals surface area (Å²) in [6.45, 7) is 0. The lowest BCUT2D eigenvalue weighted by atomic mass is 10.2. The Kier molecular flexibility index (Phi) is 5.58. The Balaban J connectivity index is 1.38. The van der Waals surface area contributed by atoms with Gasteiger partial charge in [-0.1, -0.05) is 42.1 Å². The highest BCUT2D eigenvalue weighted by atomic mass is 35.5. The number of aromatic amines is 1. The van der Waals surface area contributed by atoms with Crippen LogP contribution in [0.4, 0.5) is 10.3 Å². The summed E-state index contributed by atoms with van der Waals surface area (Å²) in [6.07, 6.45) is 4.13. The van der Waals surface area contributed by atoms with Crippen LogP contribution in [0.5, 0.6) is 5.75 Å². The average Bonchev–Trinajstić information content (AvgIpc) is 3.57. The minimum Gasteiger partial charge on any atom is -0.508 e. The lowest BCUT2D eigenvalue weighted by Crippen LogP contribution is -2.17. The molecule has 1 fully saturated rings. The van der Waals surface area contributed by atoms with Crippen molar-refractivity contribution in [2.45, 2.75) is 31.7 Å². The zero-order valence-electron chi connectivity index (χ0n) is 18.9. The summed E-state index contributed by atoms with van der Waals surface area (Å²) in [7, 11) is 0. The van der Waals surface area contributed by atoms with Gasteiger partial charge in [0.1, 0.15) is 22.9 Å². The predicted molar refractivity (Wildman–Crippen MR) is 138 cm³/mol. The summed E-state index contributed by atoms with van der Waals surface area (Å²) in [5.41, 5.74) is 2.74. The molecular weight excluding hydrogens is 504 g/mol. The van der Waals surface area contributed by atoms with Gasteiger partial charge >= 0.3 is 0 Å². The Hall–Kier alpha value is -3.62. The van der Waals surface area contributed by atoms with Crippen LogP contribution in [-0.4, -0.2) is 30.5 Å². The van der Waals surface area contributed by atoms with Crippen molar-refractivity contribution >= 4 is 57.1 Å². The Bertz CT molecular complexity index is 1640. The van der Waals surface area contributed by atoms with Crippen LogP contribution in [0.2, 0.25) is 10.0 Å². The minimum atomic E-state index is -0.521. The molecule has 0 aliphatic heterocycles. The number of imidazole rings is 2. The first-order chi connectivity index (χ1) is 17.4. The Morgan fingerprint density at radius 2 is 1.89 bits per heavy atom. The number of nitrogens with zero attached hydrogens (tertiary/aromatic N) is 3. The lowest BCUT2D eigenvalue weighted by molar-refractivity contribution is 0.102. The molecule has 5 aromatic rings. The highest BCUT2D eigenvalue weighted by molar-refractivity contribution is 6.36. The van der Waals surface area contributed by atoms with Gasteiger partial charge in [-0.05, 0) is 49.2 Å². The molecule has 182 valence electrons. The molecule has 1 aliphatic rings. The van der Waals surface area contributed by atoms with E-state index >= 15 is 0 Å². The van der Waals surface area contributed by atoms with E-state index in [0.29, 0.717) is 22.5 Å². The number of benzene rings is 3. The van der Waals surface area contributed by atoms with Gasteiger partial charge in [0, 0.05) is 17.7 Å². The number of carbonyl (C=O) groups is 1. The first kappa shape index (κ1) is 22.8. The highest BCUT2D eigenvalue weighted by Gasteiger charge is 2.25. The largest absolute Gasteiger partial charge is 0.508 e. The molecule has 0 bridgehead atoms. The second-order valence-corrected chi connectivity index (χ2v) is 9.72. The smallest absolute Gasteiger partial charge is 0.258 e. The van der Waals surface area contributed by atoms with Crippen molar-refractivity contribution in [1.29, 1.82) is 0 Å². The molecule has 1 saturated carbocycles. The molecular formula is C26H20Cl2FN5O2. The standard InChI is InChI=1S/C26H20Cl2FN5O2/c27-16-6-3-7-18(29)22(16)24-30-20-11-13(10-17(28)23(20)32-24)25(36)33-26-31-19-9-8-15(35)12-21(19)34(26)14-4-1-2-5-14/h3,6-12,14,35H,1-2,4-5H2,(H,30,32)(H,31,33,36). The highest BCUT2D eigenvalue weighted by Crippen LogP contribution is 2.37. The summed E-state index contributed by atoms with van der Waals surface area (Å²) in [4.78, 5) is 25.4. The molecule has 0 saturated heterocycles. The monoisotopic (exact) mass is 523 g/mol. The molecule has 10 heteroatoms. The van der Waals surface area contributed by atoms with Gasteiger partial charge in [0.25, 0.3) is 5.91 Å². The average molecular weight is 524 g/mol. The molecule has 3 aromatic carbocycles. The van der Waals surface area contributed by atoms with Gasteiger partial charge < -0.3 is 14.7 Å². The van der Waals surface area contributed by atoms with Crippen LogP contribution in [0.25, 0.3) is 33.5 Å². The number of rotatable bonds is 4. The van der Waals surface area contributed by atoms with Crippen LogP contribution >= 0.6 is 23.2 Å². The van der Waals surface area contributed by atoms with E-state index in [1.54, 1.807) is 30.3 Å². The summed E-state index contributed by atoms with van der Waals surface area (Å²) in [6, 6.07) is 12.7. The van der Waals surface area contributed by atoms with E-state index in [1.807, 2.05) is 4.57 Å². The Labute approximate surface area is 214 Å². The van der Waals surface area contributed by atoms with Crippen LogP contribution in [0.1, 0.15) is 42.1 Å². The molecule has 0 unspecified atom stereocenters. The van der Waals surface area contributed by atoms with E-state index in [0.717, 1.165) is 31.2 Å². The number of nitrogens with one attached hydrogen (secondary N) is 2. The molecule has 0 atom stereocenters. The van der Waals surface area contributed by atoms with E-state index in [2.05, 4.69) is 20.3 Å². The van der Waals surface area contributed by atoms with Gasteiger partial charge in [-0.15, -0.1) is 0 Å². The molecule has 3 N–H and O–H groups in total. The van der Waals surface area contributed by atoms with Crippen molar-refractivity contribution < 1.29 is 14.3 Å². The molecule has 36 heavy (non-hydrogen) atoms. The first-order valence-electron chi connectivity index (χ1n) is 11.5. The number of halogens is 3. The predicted octanol–water partition coefficient (Wildman–Crippen LogP) is 7.10. The number of aromatic nitrogens is 4. The normalized spacial score (nSPS) is 14.2. The maximum absolute atomic E-state index is 14.4. The summed E-state index contributed by atoms with van der Waals surface area (Å²) >= 11 is 12.7. The molecule has 0 spiro atoms. The number of aromatic hydroxyl groups is 1. The van der Waals surface area contributed by atoms with Gasteiger partial charge in [-0.25, -0.2) is 14.4 Å². The molecule has 6 rings (SSSR count). The van der Waals surface area contributed by atoms with E-state index in [1.165, 1.54) is 18.2 Å². The number of carbonyl (C=O) groups excluding carboxylic acids is 1. The van der Waals surface area contributed by atoms with Crippen molar-refractivity contribution in [2.75, 3.05) is 5.32 Å². The van der Waals surface area contributed by atoms with Gasteiger partial charge in [-0.2, -0.15) is 0 Å². The van der Waals surface area contributed by atoms with Crippen LogP contribution in [0.3, 0.4) is 0 Å². The fourth-order valence-electron chi connectivity index (χ4n) is 4.92. The van der Waals surface area contributed by atoms with Crippen LogP contribution in [-0.2, 0) is 0 Å². The minimum absolute atomic E-state index is 0.131. The van der Waals surface area contributed by atoms with Crippen molar-refractivity contribution in [3.05, 3.63) is 70.0 Å². The zero-order chi connectivity index (χ0) is 25.0. The van der Waals surface area contributed by atoms with E-state index in [4.69, 9.17) is 23.2 Å². The summed E-state index contributed by atoms with van der Waals surface area (Å²) in [5.74, 6) is -0.158. The summed E-state index contributed by atoms with van der Waals surface area (Å²) < 4.78 is 16.4. The molecule has 2 heterocycles.